The van der Waals surface area contributed by atoms with Gasteiger partial charge in [0.15, 0.2) is 5.82 Å². The maximum absolute atomic E-state index is 12.5. The molecule has 2 aromatic heterocycles. The first-order valence-corrected chi connectivity index (χ1v) is 12.0. The molecule has 1 aromatic carbocycles. The smallest absolute Gasteiger partial charge is 0.250 e. The monoisotopic (exact) mass is 430 g/mol. The Morgan fingerprint density at radius 1 is 0.969 bits per heavy atom. The van der Waals surface area contributed by atoms with E-state index in [0.29, 0.717) is 11.8 Å². The molecule has 0 radical (unpaired) electrons. The van der Waals surface area contributed by atoms with Crippen LogP contribution in [0, 0.1) is 12.8 Å². The normalized spacial score (nSPS) is 24.8. The molecule has 166 valence electrons. The molecule has 7 heteroatoms. The number of hydrogen-bond donors (Lipinski definition) is 0. The molecule has 1 saturated heterocycles. The number of para-hydroxylation sites is 1. The van der Waals surface area contributed by atoms with Gasteiger partial charge in [0.1, 0.15) is 0 Å². The lowest BCUT2D eigenvalue weighted by molar-refractivity contribution is -0.0158. The van der Waals surface area contributed by atoms with Gasteiger partial charge in [-0.25, -0.2) is 0 Å². The fourth-order valence-electron chi connectivity index (χ4n) is 6.50. The van der Waals surface area contributed by atoms with Gasteiger partial charge in [0, 0.05) is 37.3 Å². The van der Waals surface area contributed by atoms with Gasteiger partial charge in [0.25, 0.3) is 5.56 Å². The first-order chi connectivity index (χ1) is 15.7. The molecule has 3 aliphatic rings. The molecule has 1 saturated carbocycles. The van der Waals surface area contributed by atoms with Gasteiger partial charge in [-0.05, 0) is 60.2 Å². The van der Waals surface area contributed by atoms with Gasteiger partial charge in [-0.3, -0.25) is 9.69 Å². The van der Waals surface area contributed by atoms with Crippen LogP contribution in [0.2, 0.25) is 0 Å². The van der Waals surface area contributed by atoms with E-state index in [2.05, 4.69) is 57.7 Å². The maximum Gasteiger partial charge on any atom is 0.250 e. The average Bonchev–Trinajstić information content (AvgIpc) is 3.31. The summed E-state index contributed by atoms with van der Waals surface area (Å²) in [7, 11) is 0. The van der Waals surface area contributed by atoms with E-state index >= 15 is 0 Å². The third kappa shape index (κ3) is 3.05. The van der Waals surface area contributed by atoms with Crippen molar-refractivity contribution in [2.75, 3.05) is 13.1 Å². The zero-order valence-corrected chi connectivity index (χ0v) is 18.7. The van der Waals surface area contributed by atoms with Gasteiger partial charge in [-0.2, -0.15) is 4.68 Å². The van der Waals surface area contributed by atoms with Gasteiger partial charge in [-0.15, -0.1) is 5.10 Å². The van der Waals surface area contributed by atoms with Crippen molar-refractivity contribution in [1.29, 1.82) is 0 Å². The second kappa shape index (κ2) is 7.66. The molecule has 0 amide bonds. The summed E-state index contributed by atoms with van der Waals surface area (Å²) in [5, 5.41) is 13.3. The van der Waals surface area contributed by atoms with Crippen molar-refractivity contribution in [2.45, 2.75) is 63.5 Å². The Balaban J connectivity index is 1.43. The molecule has 7 nitrogen and oxygen atoms in total. The standard InChI is InChI=1S/C25H30N6O/c1-18-8-3-4-9-21(18)31-24(26-27-28-31)25(12-5-2-6-13-25)29-15-19-14-20(17-29)22-10-7-11-23(32)30(22)16-19/h3-4,7-11,19-20H,2,5-6,12-17H2,1H3/t19-,20+/m0/s1. The van der Waals surface area contributed by atoms with Crippen molar-refractivity contribution in [1.82, 2.24) is 29.7 Å². The van der Waals surface area contributed by atoms with Crippen molar-refractivity contribution >= 4 is 0 Å². The van der Waals surface area contributed by atoms with Gasteiger partial charge in [0.2, 0.25) is 0 Å². The number of likely N-dealkylation sites (tertiary alicyclic amines) is 1. The number of piperidine rings is 1. The first-order valence-electron chi connectivity index (χ1n) is 12.0. The van der Waals surface area contributed by atoms with Gasteiger partial charge >= 0.3 is 0 Å². The number of tetrazole rings is 1. The fourth-order valence-corrected chi connectivity index (χ4v) is 6.50. The lowest BCUT2D eigenvalue weighted by Crippen LogP contribution is -2.57. The van der Waals surface area contributed by atoms with E-state index in [1.807, 2.05) is 15.3 Å². The van der Waals surface area contributed by atoms with E-state index in [1.165, 1.54) is 36.9 Å². The zero-order chi connectivity index (χ0) is 21.7. The van der Waals surface area contributed by atoms with Crippen LogP contribution in [0.5, 0.6) is 0 Å². The van der Waals surface area contributed by atoms with Crippen molar-refractivity contribution in [3.63, 3.8) is 0 Å². The molecule has 2 bridgehead atoms. The van der Waals surface area contributed by atoms with E-state index in [0.717, 1.165) is 44.0 Å². The predicted octanol–water partition coefficient (Wildman–Crippen LogP) is 3.41. The predicted molar refractivity (Wildman–Crippen MR) is 122 cm³/mol. The Morgan fingerprint density at radius 3 is 2.66 bits per heavy atom. The Morgan fingerprint density at radius 2 is 1.81 bits per heavy atom. The molecule has 2 fully saturated rings. The summed E-state index contributed by atoms with van der Waals surface area (Å²) in [5.74, 6) is 1.86. The Hall–Kier alpha value is -2.80. The molecule has 0 unspecified atom stereocenters. The van der Waals surface area contributed by atoms with E-state index in [-0.39, 0.29) is 11.1 Å². The van der Waals surface area contributed by atoms with Crippen LogP contribution < -0.4 is 5.56 Å². The van der Waals surface area contributed by atoms with Gasteiger partial charge in [-0.1, -0.05) is 43.5 Å². The first kappa shape index (κ1) is 19.9. The topological polar surface area (TPSA) is 68.8 Å². The molecule has 6 rings (SSSR count). The third-order valence-corrected chi connectivity index (χ3v) is 8.00. The van der Waals surface area contributed by atoms with Crippen molar-refractivity contribution in [3.05, 3.63) is 69.9 Å². The van der Waals surface area contributed by atoms with Crippen LogP contribution in [0.4, 0.5) is 0 Å². The molecule has 1 aliphatic carbocycles. The van der Waals surface area contributed by atoms with Crippen LogP contribution in [-0.4, -0.2) is 42.8 Å². The second-order valence-electron chi connectivity index (χ2n) is 9.90. The zero-order valence-electron chi connectivity index (χ0n) is 18.7. The molecule has 2 aliphatic heterocycles. The van der Waals surface area contributed by atoms with Crippen molar-refractivity contribution in [3.8, 4) is 5.69 Å². The number of nitrogens with zero attached hydrogens (tertiary/aromatic N) is 6. The SMILES string of the molecule is Cc1ccccc1-n1nnnc1C1(N2C[C@@H]3C[C@H](C2)c2cccc(=O)n2C3)CCCCC1. The number of aromatic nitrogens is 5. The average molecular weight is 431 g/mol. The largest absolute Gasteiger partial charge is 0.312 e. The quantitative estimate of drug-likeness (QED) is 0.637. The third-order valence-electron chi connectivity index (χ3n) is 8.00. The molecule has 32 heavy (non-hydrogen) atoms. The highest BCUT2D eigenvalue weighted by molar-refractivity contribution is 5.40. The second-order valence-corrected chi connectivity index (χ2v) is 9.90. The highest BCUT2D eigenvalue weighted by atomic mass is 16.1. The molecule has 3 aromatic rings. The van der Waals surface area contributed by atoms with E-state index in [4.69, 9.17) is 0 Å². The minimum atomic E-state index is -0.155. The van der Waals surface area contributed by atoms with Crippen LogP contribution in [-0.2, 0) is 12.1 Å². The number of rotatable bonds is 3. The van der Waals surface area contributed by atoms with Gasteiger partial charge in [0.05, 0.1) is 11.2 Å². The minimum Gasteiger partial charge on any atom is -0.312 e. The summed E-state index contributed by atoms with van der Waals surface area (Å²) in [6, 6.07) is 14.1. The highest BCUT2D eigenvalue weighted by Crippen LogP contribution is 2.47. The van der Waals surface area contributed by atoms with E-state index in [1.54, 1.807) is 6.07 Å². The Labute approximate surface area is 188 Å². The minimum absolute atomic E-state index is 0.140. The van der Waals surface area contributed by atoms with Crippen LogP contribution >= 0.6 is 0 Å². The van der Waals surface area contributed by atoms with Crippen LogP contribution in [0.1, 0.15) is 61.5 Å². The van der Waals surface area contributed by atoms with Gasteiger partial charge < -0.3 is 4.57 Å². The summed E-state index contributed by atoms with van der Waals surface area (Å²) in [6.07, 6.45) is 7.00. The van der Waals surface area contributed by atoms with Crippen molar-refractivity contribution < 1.29 is 0 Å². The molecular weight excluding hydrogens is 400 g/mol. The Bertz CT molecular complexity index is 1190. The molecule has 0 spiro atoms. The number of aryl methyl sites for hydroxylation is 1. The summed E-state index contributed by atoms with van der Waals surface area (Å²) < 4.78 is 4.00. The number of hydrogen-bond acceptors (Lipinski definition) is 5. The van der Waals surface area contributed by atoms with Crippen LogP contribution in [0.25, 0.3) is 5.69 Å². The highest BCUT2D eigenvalue weighted by Gasteiger charge is 2.48. The fraction of sp³-hybridized carbons (Fsp3) is 0.520. The van der Waals surface area contributed by atoms with Crippen LogP contribution in [0.3, 0.4) is 0 Å². The Kier molecular flexibility index (Phi) is 4.75. The molecule has 0 N–H and O–H groups in total. The van der Waals surface area contributed by atoms with Crippen LogP contribution in [0.15, 0.2) is 47.3 Å². The summed E-state index contributed by atoms with van der Waals surface area (Å²) in [4.78, 5) is 15.2. The van der Waals surface area contributed by atoms with E-state index < -0.39 is 0 Å². The molecular formula is C25H30N6O. The van der Waals surface area contributed by atoms with E-state index in [9.17, 15) is 4.79 Å². The number of pyridine rings is 1. The lowest BCUT2D eigenvalue weighted by atomic mass is 9.75. The van der Waals surface area contributed by atoms with Crippen molar-refractivity contribution in [2.24, 2.45) is 5.92 Å². The number of benzene rings is 1. The lowest BCUT2D eigenvalue weighted by Gasteiger charge is -2.52. The number of fused-ring (bicyclic) bond motifs is 4. The summed E-state index contributed by atoms with van der Waals surface area (Å²) in [6.45, 7) is 4.90. The summed E-state index contributed by atoms with van der Waals surface area (Å²) in [5.41, 5.74) is 3.42. The molecule has 4 heterocycles. The molecule has 2 atom stereocenters. The summed E-state index contributed by atoms with van der Waals surface area (Å²) >= 11 is 0. The maximum atomic E-state index is 12.5.